The van der Waals surface area contributed by atoms with Crippen molar-refractivity contribution in [3.63, 3.8) is 0 Å². The molecule has 0 aliphatic carbocycles. The highest BCUT2D eigenvalue weighted by Crippen LogP contribution is 2.12. The van der Waals surface area contributed by atoms with Gasteiger partial charge in [-0.3, -0.25) is 9.36 Å². The standard InChI is InChI=1S/C11H12ClN3OS/c1-7-3-11(16)15(8(2)13-7)5-10-14-9(4-12)6-17-10/h3,6H,4-5H2,1-2H3. The lowest BCUT2D eigenvalue weighted by Gasteiger charge is -2.07. The summed E-state index contributed by atoms with van der Waals surface area (Å²) in [6, 6.07) is 1.53. The summed E-state index contributed by atoms with van der Waals surface area (Å²) in [5, 5.41) is 2.78. The normalized spacial score (nSPS) is 10.8. The first-order chi connectivity index (χ1) is 8.10. The van der Waals surface area contributed by atoms with E-state index in [9.17, 15) is 4.79 Å². The minimum absolute atomic E-state index is 0.0439. The van der Waals surface area contributed by atoms with Gasteiger partial charge in [-0.1, -0.05) is 0 Å². The van der Waals surface area contributed by atoms with Crippen LogP contribution in [-0.4, -0.2) is 14.5 Å². The van der Waals surface area contributed by atoms with E-state index in [1.807, 2.05) is 19.2 Å². The summed E-state index contributed by atoms with van der Waals surface area (Å²) in [6.45, 7) is 4.09. The topological polar surface area (TPSA) is 47.8 Å². The third kappa shape index (κ3) is 2.73. The Kier molecular flexibility index (Phi) is 3.59. The molecule has 2 aromatic rings. The summed E-state index contributed by atoms with van der Waals surface area (Å²) < 4.78 is 1.61. The number of aryl methyl sites for hydroxylation is 2. The van der Waals surface area contributed by atoms with E-state index >= 15 is 0 Å². The van der Waals surface area contributed by atoms with Crippen molar-refractivity contribution in [1.82, 2.24) is 14.5 Å². The van der Waals surface area contributed by atoms with E-state index in [1.54, 1.807) is 4.57 Å². The summed E-state index contributed by atoms with van der Waals surface area (Å²) in [6.07, 6.45) is 0. The first-order valence-corrected chi connectivity index (χ1v) is 6.56. The number of thiazole rings is 1. The van der Waals surface area contributed by atoms with Crippen LogP contribution in [0.3, 0.4) is 0 Å². The van der Waals surface area contributed by atoms with Crippen molar-refractivity contribution >= 4 is 22.9 Å². The van der Waals surface area contributed by atoms with Crippen molar-refractivity contribution in [3.05, 3.63) is 44.0 Å². The number of alkyl halides is 1. The summed E-state index contributed by atoms with van der Waals surface area (Å²) in [7, 11) is 0. The van der Waals surface area contributed by atoms with Crippen LogP contribution < -0.4 is 5.56 Å². The van der Waals surface area contributed by atoms with Gasteiger partial charge in [0, 0.05) is 17.1 Å². The molecule has 2 aromatic heterocycles. The van der Waals surface area contributed by atoms with Crippen LogP contribution in [0.2, 0.25) is 0 Å². The van der Waals surface area contributed by atoms with Crippen LogP contribution in [0.25, 0.3) is 0 Å². The Morgan fingerprint density at radius 3 is 2.76 bits per heavy atom. The third-order valence-electron chi connectivity index (χ3n) is 2.36. The van der Waals surface area contributed by atoms with Crippen molar-refractivity contribution in [3.8, 4) is 0 Å². The van der Waals surface area contributed by atoms with Gasteiger partial charge in [0.25, 0.3) is 5.56 Å². The average molecular weight is 270 g/mol. The zero-order chi connectivity index (χ0) is 12.4. The fourth-order valence-electron chi connectivity index (χ4n) is 1.57. The van der Waals surface area contributed by atoms with Gasteiger partial charge in [-0.2, -0.15) is 0 Å². The molecule has 0 saturated heterocycles. The Bertz CT molecular complexity index is 591. The van der Waals surface area contributed by atoms with Crippen molar-refractivity contribution in [2.75, 3.05) is 0 Å². The van der Waals surface area contributed by atoms with E-state index in [4.69, 9.17) is 11.6 Å². The molecule has 0 N–H and O–H groups in total. The van der Waals surface area contributed by atoms with Crippen molar-refractivity contribution in [2.24, 2.45) is 0 Å². The fraction of sp³-hybridized carbons (Fsp3) is 0.364. The molecule has 0 aliphatic rings. The number of hydrogen-bond donors (Lipinski definition) is 0. The average Bonchev–Trinajstić information content (AvgIpc) is 2.71. The summed E-state index contributed by atoms with van der Waals surface area (Å²) >= 11 is 7.20. The van der Waals surface area contributed by atoms with Crippen LogP contribution in [-0.2, 0) is 12.4 Å². The maximum atomic E-state index is 11.8. The minimum Gasteiger partial charge on any atom is -0.290 e. The number of aromatic nitrogens is 3. The van der Waals surface area contributed by atoms with Gasteiger partial charge in [-0.05, 0) is 13.8 Å². The minimum atomic E-state index is -0.0439. The highest BCUT2D eigenvalue weighted by molar-refractivity contribution is 7.09. The van der Waals surface area contributed by atoms with Gasteiger partial charge in [0.2, 0.25) is 0 Å². The van der Waals surface area contributed by atoms with E-state index in [0.29, 0.717) is 18.2 Å². The van der Waals surface area contributed by atoms with E-state index in [-0.39, 0.29) is 5.56 Å². The predicted molar refractivity (Wildman–Crippen MR) is 68.7 cm³/mol. The molecule has 0 amide bonds. The Morgan fingerprint density at radius 1 is 1.41 bits per heavy atom. The van der Waals surface area contributed by atoms with Gasteiger partial charge in [0.15, 0.2) is 0 Å². The molecule has 0 aromatic carbocycles. The second-order valence-corrected chi connectivity index (χ2v) is 4.95. The number of halogens is 1. The largest absolute Gasteiger partial charge is 0.290 e. The lowest BCUT2D eigenvalue weighted by atomic mass is 10.4. The SMILES string of the molecule is Cc1cc(=O)n(Cc2nc(CCl)cs2)c(C)n1. The van der Waals surface area contributed by atoms with Crippen molar-refractivity contribution in [2.45, 2.75) is 26.3 Å². The second-order valence-electron chi connectivity index (χ2n) is 3.74. The summed E-state index contributed by atoms with van der Waals surface area (Å²) in [4.78, 5) is 20.4. The molecular weight excluding hydrogens is 258 g/mol. The quantitative estimate of drug-likeness (QED) is 0.802. The van der Waals surface area contributed by atoms with Crippen LogP contribution in [0, 0.1) is 13.8 Å². The van der Waals surface area contributed by atoms with Crippen LogP contribution in [0.4, 0.5) is 0 Å². The molecule has 0 spiro atoms. The van der Waals surface area contributed by atoms with E-state index in [0.717, 1.165) is 16.4 Å². The molecule has 0 unspecified atom stereocenters. The number of rotatable bonds is 3. The summed E-state index contributed by atoms with van der Waals surface area (Å²) in [5.41, 5.74) is 1.54. The second kappa shape index (κ2) is 4.98. The monoisotopic (exact) mass is 269 g/mol. The highest BCUT2D eigenvalue weighted by atomic mass is 35.5. The molecular formula is C11H12ClN3OS. The first kappa shape index (κ1) is 12.3. The molecule has 2 rings (SSSR count). The Balaban J connectivity index is 2.33. The number of nitrogens with zero attached hydrogens (tertiary/aromatic N) is 3. The van der Waals surface area contributed by atoms with Gasteiger partial charge < -0.3 is 0 Å². The molecule has 90 valence electrons. The Hall–Kier alpha value is -1.20. The van der Waals surface area contributed by atoms with Crippen LogP contribution in [0.15, 0.2) is 16.2 Å². The van der Waals surface area contributed by atoms with Crippen LogP contribution in [0.1, 0.15) is 22.2 Å². The van der Waals surface area contributed by atoms with Gasteiger partial charge in [0.05, 0.1) is 18.1 Å². The molecule has 6 heteroatoms. The van der Waals surface area contributed by atoms with Gasteiger partial charge in [0.1, 0.15) is 10.8 Å². The zero-order valence-corrected chi connectivity index (χ0v) is 11.2. The Morgan fingerprint density at radius 2 is 2.18 bits per heavy atom. The first-order valence-electron chi connectivity index (χ1n) is 5.14. The summed E-state index contributed by atoms with van der Waals surface area (Å²) in [5.74, 6) is 1.11. The number of hydrogen-bond acceptors (Lipinski definition) is 4. The molecule has 0 atom stereocenters. The molecule has 0 saturated carbocycles. The zero-order valence-electron chi connectivity index (χ0n) is 9.61. The molecule has 17 heavy (non-hydrogen) atoms. The van der Waals surface area contributed by atoms with Gasteiger partial charge >= 0.3 is 0 Å². The van der Waals surface area contributed by atoms with Crippen LogP contribution in [0.5, 0.6) is 0 Å². The van der Waals surface area contributed by atoms with Gasteiger partial charge in [-0.15, -0.1) is 22.9 Å². The lowest BCUT2D eigenvalue weighted by Crippen LogP contribution is -2.24. The molecule has 0 radical (unpaired) electrons. The maximum absolute atomic E-state index is 11.8. The van der Waals surface area contributed by atoms with E-state index in [2.05, 4.69) is 9.97 Å². The van der Waals surface area contributed by atoms with Gasteiger partial charge in [-0.25, -0.2) is 9.97 Å². The molecule has 0 aliphatic heterocycles. The fourth-order valence-corrected chi connectivity index (χ4v) is 2.58. The van der Waals surface area contributed by atoms with E-state index in [1.165, 1.54) is 17.4 Å². The van der Waals surface area contributed by atoms with Crippen molar-refractivity contribution < 1.29 is 0 Å². The Labute approximate surface area is 108 Å². The molecule has 0 fully saturated rings. The smallest absolute Gasteiger partial charge is 0.254 e. The van der Waals surface area contributed by atoms with Crippen molar-refractivity contribution in [1.29, 1.82) is 0 Å². The molecule has 0 bridgehead atoms. The third-order valence-corrected chi connectivity index (χ3v) is 3.51. The molecule has 2 heterocycles. The molecule has 4 nitrogen and oxygen atoms in total. The van der Waals surface area contributed by atoms with Crippen LogP contribution >= 0.6 is 22.9 Å². The lowest BCUT2D eigenvalue weighted by molar-refractivity contribution is 0.690. The predicted octanol–water partition coefficient (Wildman–Crippen LogP) is 2.10. The highest BCUT2D eigenvalue weighted by Gasteiger charge is 2.07. The maximum Gasteiger partial charge on any atom is 0.254 e. The van der Waals surface area contributed by atoms with E-state index < -0.39 is 0 Å².